The Balaban J connectivity index is 3.43. The second-order valence-corrected chi connectivity index (χ2v) is 2.98. The third-order valence-electron chi connectivity index (χ3n) is 1.94. The topological polar surface area (TPSA) is 112 Å². The van der Waals surface area contributed by atoms with E-state index in [1.54, 1.807) is 6.92 Å². The van der Waals surface area contributed by atoms with Gasteiger partial charge in [0.1, 0.15) is 0 Å². The van der Waals surface area contributed by atoms with Gasteiger partial charge in [-0.15, -0.1) is 0 Å². The zero-order valence-corrected chi connectivity index (χ0v) is 7.70. The zero-order chi connectivity index (χ0) is 10.9. The Kier molecular flexibility index (Phi) is 2.42. The average Bonchev–Trinajstić information content (AvgIpc) is 2.08. The molecule has 0 aliphatic heterocycles. The van der Waals surface area contributed by atoms with Gasteiger partial charge in [-0.25, -0.2) is 0 Å². The first-order valence-electron chi connectivity index (χ1n) is 3.93. The van der Waals surface area contributed by atoms with Crippen molar-refractivity contribution in [2.45, 2.75) is 6.92 Å². The van der Waals surface area contributed by atoms with Crippen molar-refractivity contribution < 1.29 is 9.59 Å². The number of anilines is 1. The third kappa shape index (κ3) is 1.66. The SMILES string of the molecule is Cc1cc(C(N)=O)cc(C(N)=O)c1N. The number of carbonyl (C=O) groups excluding carboxylic acids is 2. The third-order valence-corrected chi connectivity index (χ3v) is 1.94. The van der Waals surface area contributed by atoms with E-state index in [2.05, 4.69) is 0 Å². The van der Waals surface area contributed by atoms with Crippen molar-refractivity contribution in [3.63, 3.8) is 0 Å². The maximum absolute atomic E-state index is 10.9. The molecule has 2 amide bonds. The molecule has 1 aromatic rings. The van der Waals surface area contributed by atoms with Crippen LogP contribution < -0.4 is 17.2 Å². The Morgan fingerprint density at radius 1 is 1.14 bits per heavy atom. The molecule has 5 heteroatoms. The summed E-state index contributed by atoms with van der Waals surface area (Å²) in [6, 6.07) is 2.82. The fourth-order valence-electron chi connectivity index (χ4n) is 1.14. The number of amides is 2. The first-order valence-corrected chi connectivity index (χ1v) is 3.93. The predicted molar refractivity (Wildman–Crippen MR) is 52.6 cm³/mol. The number of rotatable bonds is 2. The Morgan fingerprint density at radius 2 is 1.71 bits per heavy atom. The van der Waals surface area contributed by atoms with Gasteiger partial charge < -0.3 is 17.2 Å². The van der Waals surface area contributed by atoms with Crippen LogP contribution in [0.15, 0.2) is 12.1 Å². The average molecular weight is 193 g/mol. The van der Waals surface area contributed by atoms with Gasteiger partial charge in [0.2, 0.25) is 5.91 Å². The highest BCUT2D eigenvalue weighted by molar-refractivity contribution is 6.02. The number of primary amides is 2. The summed E-state index contributed by atoms with van der Waals surface area (Å²) >= 11 is 0. The van der Waals surface area contributed by atoms with E-state index in [-0.39, 0.29) is 16.8 Å². The van der Waals surface area contributed by atoms with Crippen molar-refractivity contribution in [2.75, 3.05) is 5.73 Å². The minimum atomic E-state index is -0.673. The molecule has 0 aromatic heterocycles. The highest BCUT2D eigenvalue weighted by Gasteiger charge is 2.12. The van der Waals surface area contributed by atoms with Crippen LogP contribution in [0, 0.1) is 6.92 Å². The predicted octanol–water partition coefficient (Wildman–Crippen LogP) is -0.225. The van der Waals surface area contributed by atoms with Gasteiger partial charge in [-0.05, 0) is 24.6 Å². The van der Waals surface area contributed by atoms with Gasteiger partial charge in [0.15, 0.2) is 0 Å². The van der Waals surface area contributed by atoms with Gasteiger partial charge in [-0.1, -0.05) is 0 Å². The summed E-state index contributed by atoms with van der Waals surface area (Å²) in [5.74, 6) is -1.29. The van der Waals surface area contributed by atoms with Crippen LogP contribution in [0.3, 0.4) is 0 Å². The molecule has 0 aliphatic carbocycles. The van der Waals surface area contributed by atoms with Crippen LogP contribution in [0.1, 0.15) is 26.3 Å². The van der Waals surface area contributed by atoms with Crippen molar-refractivity contribution in [1.29, 1.82) is 0 Å². The van der Waals surface area contributed by atoms with Crippen LogP contribution in [0.2, 0.25) is 0 Å². The fourth-order valence-corrected chi connectivity index (χ4v) is 1.14. The van der Waals surface area contributed by atoms with E-state index in [4.69, 9.17) is 17.2 Å². The smallest absolute Gasteiger partial charge is 0.250 e. The normalized spacial score (nSPS) is 9.79. The van der Waals surface area contributed by atoms with E-state index in [1.165, 1.54) is 12.1 Å². The minimum absolute atomic E-state index is 0.124. The molecule has 0 spiro atoms. The van der Waals surface area contributed by atoms with Crippen molar-refractivity contribution >= 4 is 17.5 Å². The van der Waals surface area contributed by atoms with E-state index in [1.807, 2.05) is 0 Å². The molecule has 14 heavy (non-hydrogen) atoms. The van der Waals surface area contributed by atoms with Gasteiger partial charge in [0, 0.05) is 11.3 Å². The van der Waals surface area contributed by atoms with Gasteiger partial charge in [0.25, 0.3) is 5.91 Å². The number of hydrogen-bond donors (Lipinski definition) is 3. The van der Waals surface area contributed by atoms with Crippen LogP contribution >= 0.6 is 0 Å². The van der Waals surface area contributed by atoms with Gasteiger partial charge in [-0.3, -0.25) is 9.59 Å². The number of carbonyl (C=O) groups is 2. The van der Waals surface area contributed by atoms with E-state index in [0.29, 0.717) is 5.56 Å². The highest BCUT2D eigenvalue weighted by atomic mass is 16.1. The van der Waals surface area contributed by atoms with Gasteiger partial charge in [-0.2, -0.15) is 0 Å². The lowest BCUT2D eigenvalue weighted by atomic mass is 10.0. The van der Waals surface area contributed by atoms with Crippen molar-refractivity contribution in [3.8, 4) is 0 Å². The molecule has 1 aromatic carbocycles. The van der Waals surface area contributed by atoms with Gasteiger partial charge in [0.05, 0.1) is 5.56 Å². The first-order chi connectivity index (χ1) is 6.43. The maximum atomic E-state index is 10.9. The molecule has 0 aliphatic rings. The number of hydrogen-bond acceptors (Lipinski definition) is 3. The number of nitrogen functional groups attached to an aromatic ring is 1. The fraction of sp³-hybridized carbons (Fsp3) is 0.111. The molecule has 0 saturated heterocycles. The lowest BCUT2D eigenvalue weighted by molar-refractivity contribution is 0.0999. The van der Waals surface area contributed by atoms with Crippen LogP contribution in [-0.2, 0) is 0 Å². The Morgan fingerprint density at radius 3 is 2.14 bits per heavy atom. The molecule has 0 unspecified atom stereocenters. The molecule has 0 radical (unpaired) electrons. The van der Waals surface area contributed by atoms with E-state index < -0.39 is 11.8 Å². The maximum Gasteiger partial charge on any atom is 0.250 e. The lowest BCUT2D eigenvalue weighted by Gasteiger charge is -2.07. The summed E-state index contributed by atoms with van der Waals surface area (Å²) in [5.41, 5.74) is 17.0. The van der Waals surface area contributed by atoms with Crippen LogP contribution in [0.25, 0.3) is 0 Å². The molecule has 0 bridgehead atoms. The van der Waals surface area contributed by atoms with Crippen LogP contribution in [-0.4, -0.2) is 11.8 Å². The monoisotopic (exact) mass is 193 g/mol. The molecule has 0 fully saturated rings. The highest BCUT2D eigenvalue weighted by Crippen LogP contribution is 2.18. The van der Waals surface area contributed by atoms with Crippen molar-refractivity contribution in [3.05, 3.63) is 28.8 Å². The van der Waals surface area contributed by atoms with Gasteiger partial charge >= 0.3 is 0 Å². The summed E-state index contributed by atoms with van der Waals surface area (Å²) in [4.78, 5) is 21.8. The second kappa shape index (κ2) is 3.37. The molecule has 0 heterocycles. The molecular weight excluding hydrogens is 182 g/mol. The molecular formula is C9H11N3O2. The summed E-state index contributed by atoms with van der Waals surface area (Å²) in [6.07, 6.45) is 0. The summed E-state index contributed by atoms with van der Waals surface area (Å²) < 4.78 is 0. The van der Waals surface area contributed by atoms with Crippen molar-refractivity contribution in [1.82, 2.24) is 0 Å². The van der Waals surface area contributed by atoms with Crippen molar-refractivity contribution in [2.24, 2.45) is 11.5 Å². The lowest BCUT2D eigenvalue weighted by Crippen LogP contribution is -2.18. The summed E-state index contributed by atoms with van der Waals surface area (Å²) in [5, 5.41) is 0. The summed E-state index contributed by atoms with van der Waals surface area (Å²) in [6.45, 7) is 1.67. The number of nitrogens with two attached hydrogens (primary N) is 3. The van der Waals surface area contributed by atoms with Crippen LogP contribution in [0.4, 0.5) is 5.69 Å². The Bertz CT molecular complexity index is 413. The molecule has 0 saturated carbocycles. The van der Waals surface area contributed by atoms with E-state index in [0.717, 1.165) is 0 Å². The molecule has 74 valence electrons. The largest absolute Gasteiger partial charge is 0.398 e. The van der Waals surface area contributed by atoms with E-state index in [9.17, 15) is 9.59 Å². The number of benzene rings is 1. The summed E-state index contributed by atoms with van der Waals surface area (Å²) in [7, 11) is 0. The first kappa shape index (κ1) is 10.0. The quantitative estimate of drug-likeness (QED) is 0.564. The molecule has 1 rings (SSSR count). The molecule has 5 nitrogen and oxygen atoms in total. The van der Waals surface area contributed by atoms with E-state index >= 15 is 0 Å². The van der Waals surface area contributed by atoms with Crippen LogP contribution in [0.5, 0.6) is 0 Å². The standard InChI is InChI=1S/C9H11N3O2/c1-4-2-5(8(11)13)3-6(7(4)10)9(12)14/h2-3H,10H2,1H3,(H2,11,13)(H2,12,14). The minimum Gasteiger partial charge on any atom is -0.398 e. The molecule has 6 N–H and O–H groups in total. The Labute approximate surface area is 80.9 Å². The second-order valence-electron chi connectivity index (χ2n) is 2.98. The Hall–Kier alpha value is -2.04. The number of aryl methyl sites for hydroxylation is 1. The zero-order valence-electron chi connectivity index (χ0n) is 7.70. The molecule has 0 atom stereocenters.